The van der Waals surface area contributed by atoms with Gasteiger partial charge in [-0.25, -0.2) is 19.6 Å². The molecule has 1 unspecified atom stereocenters. The molecule has 1 atom stereocenters. The molecule has 8 nitrogen and oxygen atoms in total. The minimum atomic E-state index is -0.181. The second kappa shape index (κ2) is 5.98. The van der Waals surface area contributed by atoms with Gasteiger partial charge in [0.15, 0.2) is 11.3 Å². The molecule has 4 rings (SSSR count). The first kappa shape index (κ1) is 16.3. The van der Waals surface area contributed by atoms with Crippen LogP contribution in [0.4, 0.5) is 0 Å². The lowest BCUT2D eigenvalue weighted by atomic mass is 10.1. The third-order valence-corrected chi connectivity index (χ3v) is 4.59. The number of nitrogens with one attached hydrogen (secondary N) is 2. The van der Waals surface area contributed by atoms with Crippen molar-refractivity contribution < 1.29 is 0 Å². The van der Waals surface area contributed by atoms with Crippen molar-refractivity contribution in [3.05, 3.63) is 57.1 Å². The highest BCUT2D eigenvalue weighted by Gasteiger charge is 2.16. The summed E-state index contributed by atoms with van der Waals surface area (Å²) in [7, 11) is 0. The van der Waals surface area contributed by atoms with E-state index in [-0.39, 0.29) is 23.5 Å². The molecular weight excluding hydrogens is 332 g/mol. The Kier molecular flexibility index (Phi) is 3.75. The highest BCUT2D eigenvalue weighted by atomic mass is 16.1. The first-order valence-corrected chi connectivity index (χ1v) is 8.60. The van der Waals surface area contributed by atoms with E-state index in [0.29, 0.717) is 23.2 Å². The molecule has 134 valence electrons. The standard InChI is InChI=1S/C18H20N6O2/c1-10(2)23-16-13(21-17(23)25)8-12(9-20-16)7-11(3)24-14-5-4-6-19-15(14)22-18(24)26/h4-6,8-11H,7H2,1-3H3,(H,21,25)(H,19,22,26). The van der Waals surface area contributed by atoms with E-state index in [0.717, 1.165) is 11.1 Å². The molecule has 2 N–H and O–H groups in total. The Morgan fingerprint density at radius 1 is 1.08 bits per heavy atom. The SMILES string of the molecule is CC(C)n1c(=O)[nH]c2cc(CC(C)n3c(=O)[nH]c4ncccc43)cnc21. The molecule has 0 fully saturated rings. The number of H-pyrrole nitrogens is 2. The summed E-state index contributed by atoms with van der Waals surface area (Å²) in [6, 6.07) is 5.56. The maximum absolute atomic E-state index is 12.3. The van der Waals surface area contributed by atoms with E-state index < -0.39 is 0 Å². The number of pyridine rings is 2. The lowest BCUT2D eigenvalue weighted by molar-refractivity contribution is 0.543. The molecule has 0 spiro atoms. The normalized spacial score (nSPS) is 13.1. The van der Waals surface area contributed by atoms with Crippen LogP contribution in [0.1, 0.15) is 38.4 Å². The summed E-state index contributed by atoms with van der Waals surface area (Å²) in [5.41, 5.74) is 3.32. The Hall–Kier alpha value is -3.16. The summed E-state index contributed by atoms with van der Waals surface area (Å²) in [5, 5.41) is 0. The van der Waals surface area contributed by atoms with E-state index in [2.05, 4.69) is 19.9 Å². The second-order valence-electron chi connectivity index (χ2n) is 6.83. The number of imidazole rings is 2. The number of aromatic amines is 2. The van der Waals surface area contributed by atoms with E-state index in [1.807, 2.05) is 39.0 Å². The number of nitrogens with zero attached hydrogens (tertiary/aromatic N) is 4. The maximum atomic E-state index is 12.3. The van der Waals surface area contributed by atoms with Crippen LogP contribution in [0.5, 0.6) is 0 Å². The fourth-order valence-corrected chi connectivity index (χ4v) is 3.48. The molecule has 0 saturated heterocycles. The lowest BCUT2D eigenvalue weighted by Crippen LogP contribution is -2.21. The van der Waals surface area contributed by atoms with Crippen molar-refractivity contribution in [2.45, 2.75) is 39.3 Å². The molecule has 0 amide bonds. The summed E-state index contributed by atoms with van der Waals surface area (Å²) in [4.78, 5) is 38.7. The van der Waals surface area contributed by atoms with Crippen LogP contribution in [0.25, 0.3) is 22.3 Å². The van der Waals surface area contributed by atoms with Gasteiger partial charge in [-0.3, -0.25) is 14.1 Å². The van der Waals surface area contributed by atoms with E-state index >= 15 is 0 Å². The number of rotatable bonds is 4. The van der Waals surface area contributed by atoms with Crippen LogP contribution in [0.2, 0.25) is 0 Å². The van der Waals surface area contributed by atoms with Crippen LogP contribution in [0.15, 0.2) is 40.2 Å². The average molecular weight is 352 g/mol. The van der Waals surface area contributed by atoms with Gasteiger partial charge in [-0.2, -0.15) is 0 Å². The molecular formula is C18H20N6O2. The highest BCUT2D eigenvalue weighted by molar-refractivity contribution is 5.72. The third-order valence-electron chi connectivity index (χ3n) is 4.59. The van der Waals surface area contributed by atoms with Crippen molar-refractivity contribution in [3.63, 3.8) is 0 Å². The maximum Gasteiger partial charge on any atom is 0.327 e. The predicted octanol–water partition coefficient (Wildman–Crippen LogP) is 2.15. The van der Waals surface area contributed by atoms with Gasteiger partial charge in [0.2, 0.25) is 0 Å². The van der Waals surface area contributed by atoms with Gasteiger partial charge in [-0.05, 0) is 51.0 Å². The molecule has 4 heterocycles. The van der Waals surface area contributed by atoms with Gasteiger partial charge in [0.1, 0.15) is 0 Å². The second-order valence-corrected chi connectivity index (χ2v) is 6.83. The van der Waals surface area contributed by atoms with E-state index in [1.165, 1.54) is 0 Å². The molecule has 0 bridgehead atoms. The summed E-state index contributed by atoms with van der Waals surface area (Å²) in [6.45, 7) is 5.88. The van der Waals surface area contributed by atoms with E-state index in [4.69, 9.17) is 0 Å². The van der Waals surface area contributed by atoms with Crippen molar-refractivity contribution in [2.24, 2.45) is 0 Å². The molecule has 0 aliphatic carbocycles. The minimum absolute atomic E-state index is 0.0332. The minimum Gasteiger partial charge on any atom is -0.304 e. The van der Waals surface area contributed by atoms with Crippen molar-refractivity contribution in [2.75, 3.05) is 0 Å². The average Bonchev–Trinajstić information content (AvgIpc) is 3.09. The van der Waals surface area contributed by atoms with Gasteiger partial charge >= 0.3 is 11.4 Å². The third kappa shape index (κ3) is 2.54. The highest BCUT2D eigenvalue weighted by Crippen LogP contribution is 2.19. The Labute approximate surface area is 148 Å². The molecule has 0 aliphatic rings. The van der Waals surface area contributed by atoms with Gasteiger partial charge in [0.05, 0.1) is 11.0 Å². The van der Waals surface area contributed by atoms with Crippen molar-refractivity contribution in [1.29, 1.82) is 0 Å². The zero-order chi connectivity index (χ0) is 18.4. The van der Waals surface area contributed by atoms with Crippen LogP contribution in [0, 0.1) is 0 Å². The number of hydrogen-bond donors (Lipinski definition) is 2. The largest absolute Gasteiger partial charge is 0.327 e. The molecule has 4 aromatic heterocycles. The van der Waals surface area contributed by atoms with Gasteiger partial charge < -0.3 is 4.98 Å². The summed E-state index contributed by atoms with van der Waals surface area (Å²) in [6.07, 6.45) is 4.03. The molecule has 0 aromatic carbocycles. The number of hydrogen-bond acceptors (Lipinski definition) is 4. The zero-order valence-electron chi connectivity index (χ0n) is 14.9. The van der Waals surface area contributed by atoms with Crippen molar-refractivity contribution in [1.82, 2.24) is 29.1 Å². The molecule has 0 radical (unpaired) electrons. The molecule has 26 heavy (non-hydrogen) atoms. The topological polar surface area (TPSA) is 101 Å². The first-order valence-electron chi connectivity index (χ1n) is 8.60. The van der Waals surface area contributed by atoms with E-state index in [1.54, 1.807) is 21.5 Å². The Morgan fingerprint density at radius 2 is 1.85 bits per heavy atom. The zero-order valence-corrected chi connectivity index (χ0v) is 14.9. The monoisotopic (exact) mass is 352 g/mol. The van der Waals surface area contributed by atoms with Crippen LogP contribution in [0.3, 0.4) is 0 Å². The van der Waals surface area contributed by atoms with Crippen LogP contribution in [-0.4, -0.2) is 29.1 Å². The van der Waals surface area contributed by atoms with Gasteiger partial charge in [0.25, 0.3) is 0 Å². The fraction of sp³-hybridized carbons (Fsp3) is 0.333. The van der Waals surface area contributed by atoms with Gasteiger partial charge in [-0.1, -0.05) is 0 Å². The van der Waals surface area contributed by atoms with Gasteiger partial charge in [0, 0.05) is 24.5 Å². The number of fused-ring (bicyclic) bond motifs is 2. The first-order chi connectivity index (χ1) is 12.5. The lowest BCUT2D eigenvalue weighted by Gasteiger charge is -2.13. The molecule has 8 heteroatoms. The molecule has 0 aliphatic heterocycles. The Bertz CT molecular complexity index is 1210. The summed E-state index contributed by atoms with van der Waals surface area (Å²) >= 11 is 0. The Balaban J connectivity index is 1.71. The van der Waals surface area contributed by atoms with Crippen molar-refractivity contribution >= 4 is 22.3 Å². The smallest absolute Gasteiger partial charge is 0.304 e. The van der Waals surface area contributed by atoms with Crippen LogP contribution >= 0.6 is 0 Å². The quantitative estimate of drug-likeness (QED) is 0.587. The predicted molar refractivity (Wildman–Crippen MR) is 99.5 cm³/mol. The van der Waals surface area contributed by atoms with Crippen LogP contribution in [-0.2, 0) is 6.42 Å². The summed E-state index contributed by atoms with van der Waals surface area (Å²) < 4.78 is 3.34. The number of aromatic nitrogens is 6. The van der Waals surface area contributed by atoms with Crippen LogP contribution < -0.4 is 11.4 Å². The van der Waals surface area contributed by atoms with Gasteiger partial charge in [-0.15, -0.1) is 0 Å². The van der Waals surface area contributed by atoms with Crippen molar-refractivity contribution in [3.8, 4) is 0 Å². The molecule has 0 saturated carbocycles. The molecule has 4 aromatic rings. The fourth-order valence-electron chi connectivity index (χ4n) is 3.48. The summed E-state index contributed by atoms with van der Waals surface area (Å²) in [5.74, 6) is 0. The Morgan fingerprint density at radius 3 is 2.62 bits per heavy atom. The van der Waals surface area contributed by atoms with E-state index in [9.17, 15) is 9.59 Å².